The second-order valence-electron chi connectivity index (χ2n) is 4.91. The molecule has 0 aliphatic heterocycles. The molecule has 1 heterocycles. The molecule has 0 bridgehead atoms. The summed E-state index contributed by atoms with van der Waals surface area (Å²) in [6.45, 7) is 3.81. The number of hydrogen-bond acceptors (Lipinski definition) is 4. The van der Waals surface area contributed by atoms with Crippen LogP contribution < -0.4 is 5.32 Å². The molecule has 0 spiro atoms. The van der Waals surface area contributed by atoms with Gasteiger partial charge in [0.25, 0.3) is 5.91 Å². The average Bonchev–Trinajstić information content (AvgIpc) is 2.55. The largest absolute Gasteiger partial charge is 0.307 e. The first-order valence-corrected chi connectivity index (χ1v) is 9.27. The number of aromatic nitrogens is 1. The van der Waals surface area contributed by atoms with Crippen LogP contribution in [0.3, 0.4) is 0 Å². The maximum absolute atomic E-state index is 12.2. The van der Waals surface area contributed by atoms with Gasteiger partial charge in [0, 0.05) is 26.8 Å². The highest BCUT2D eigenvalue weighted by atomic mass is 32.2. The summed E-state index contributed by atoms with van der Waals surface area (Å²) in [5.74, 6) is 0.281. The SMILES string of the molecule is CSc1ccc(NC(=O)c2ccc([S@](=O)C(C)C)cc2)nc1. The predicted molar refractivity (Wildman–Crippen MR) is 92.0 cm³/mol. The van der Waals surface area contributed by atoms with Gasteiger partial charge in [0.15, 0.2) is 0 Å². The van der Waals surface area contributed by atoms with E-state index in [4.69, 9.17) is 0 Å². The fourth-order valence-electron chi connectivity index (χ4n) is 1.78. The summed E-state index contributed by atoms with van der Waals surface area (Å²) in [5, 5.41) is 2.80. The zero-order valence-electron chi connectivity index (χ0n) is 12.7. The van der Waals surface area contributed by atoms with Crippen LogP contribution in [0.2, 0.25) is 0 Å². The number of pyridine rings is 1. The smallest absolute Gasteiger partial charge is 0.256 e. The van der Waals surface area contributed by atoms with E-state index in [1.54, 1.807) is 48.3 Å². The molecule has 1 N–H and O–H groups in total. The molecule has 1 aromatic heterocycles. The number of hydrogen-bond donors (Lipinski definition) is 1. The van der Waals surface area contributed by atoms with Crippen LogP contribution in [-0.2, 0) is 10.8 Å². The van der Waals surface area contributed by atoms with Gasteiger partial charge < -0.3 is 5.32 Å². The van der Waals surface area contributed by atoms with Crippen LogP contribution in [0.4, 0.5) is 5.82 Å². The Bertz CT molecular complexity index is 668. The summed E-state index contributed by atoms with van der Waals surface area (Å²) < 4.78 is 12.0. The highest BCUT2D eigenvalue weighted by Crippen LogP contribution is 2.16. The van der Waals surface area contributed by atoms with Gasteiger partial charge in [-0.2, -0.15) is 0 Å². The summed E-state index contributed by atoms with van der Waals surface area (Å²) in [5.41, 5.74) is 0.514. The van der Waals surface area contributed by atoms with E-state index in [9.17, 15) is 9.00 Å². The summed E-state index contributed by atoms with van der Waals surface area (Å²) in [6, 6.07) is 10.5. The van der Waals surface area contributed by atoms with E-state index in [2.05, 4.69) is 10.3 Å². The van der Waals surface area contributed by atoms with E-state index in [-0.39, 0.29) is 11.2 Å². The van der Waals surface area contributed by atoms with Gasteiger partial charge >= 0.3 is 0 Å². The fraction of sp³-hybridized carbons (Fsp3) is 0.250. The van der Waals surface area contributed by atoms with Crippen molar-refractivity contribution in [2.75, 3.05) is 11.6 Å². The first-order valence-electron chi connectivity index (χ1n) is 6.83. The van der Waals surface area contributed by atoms with Gasteiger partial charge in [0.2, 0.25) is 0 Å². The van der Waals surface area contributed by atoms with Gasteiger partial charge in [0.1, 0.15) is 5.82 Å². The summed E-state index contributed by atoms with van der Waals surface area (Å²) in [6.07, 6.45) is 3.69. The van der Waals surface area contributed by atoms with Gasteiger partial charge in [0.05, 0.1) is 10.8 Å². The van der Waals surface area contributed by atoms with Crippen molar-refractivity contribution >= 4 is 34.3 Å². The van der Waals surface area contributed by atoms with Gasteiger partial charge in [-0.3, -0.25) is 9.00 Å². The van der Waals surface area contributed by atoms with Crippen molar-refractivity contribution in [2.45, 2.75) is 28.9 Å². The number of carbonyl (C=O) groups is 1. The zero-order valence-corrected chi connectivity index (χ0v) is 14.3. The number of carbonyl (C=O) groups excluding carboxylic acids is 1. The second-order valence-corrected chi connectivity index (χ2v) is 7.80. The molecule has 4 nitrogen and oxygen atoms in total. The lowest BCUT2D eigenvalue weighted by Gasteiger charge is -2.07. The molecule has 0 saturated heterocycles. The number of amides is 1. The Morgan fingerprint density at radius 1 is 1.18 bits per heavy atom. The van der Waals surface area contributed by atoms with Gasteiger partial charge in [-0.1, -0.05) is 13.8 Å². The lowest BCUT2D eigenvalue weighted by atomic mass is 10.2. The van der Waals surface area contributed by atoms with E-state index >= 15 is 0 Å². The Kier molecular flexibility index (Phi) is 5.74. The van der Waals surface area contributed by atoms with Crippen molar-refractivity contribution in [2.24, 2.45) is 0 Å². The molecule has 2 aromatic rings. The first kappa shape index (κ1) is 16.7. The molecule has 1 atom stereocenters. The minimum Gasteiger partial charge on any atom is -0.307 e. The minimum atomic E-state index is -1.04. The molecule has 2 rings (SSSR count). The lowest BCUT2D eigenvalue weighted by molar-refractivity contribution is 0.102. The monoisotopic (exact) mass is 334 g/mol. The molecule has 0 aliphatic carbocycles. The average molecular weight is 334 g/mol. The molecular weight excluding hydrogens is 316 g/mol. The Hall–Kier alpha value is -1.66. The maximum atomic E-state index is 12.2. The molecular formula is C16H18N2O2S2. The molecule has 1 amide bonds. The van der Waals surface area contributed by atoms with E-state index < -0.39 is 10.8 Å². The van der Waals surface area contributed by atoms with Crippen molar-refractivity contribution in [3.8, 4) is 0 Å². The molecule has 0 saturated carbocycles. The van der Waals surface area contributed by atoms with Crippen molar-refractivity contribution in [1.29, 1.82) is 0 Å². The standard InChI is InChI=1S/C16H18N2O2S2/c1-11(2)22(20)14-7-4-12(5-8-14)16(19)18-15-9-6-13(21-3)10-17-15/h4-11H,1-3H3,(H,17,18,19)/t22-/m1/s1. The summed E-state index contributed by atoms with van der Waals surface area (Å²) in [4.78, 5) is 18.1. The molecule has 6 heteroatoms. The Labute approximate surface area is 137 Å². The van der Waals surface area contributed by atoms with Crippen molar-refractivity contribution < 1.29 is 9.00 Å². The second kappa shape index (κ2) is 7.56. The summed E-state index contributed by atoms with van der Waals surface area (Å²) in [7, 11) is -1.04. The van der Waals surface area contributed by atoms with Crippen molar-refractivity contribution in [1.82, 2.24) is 4.98 Å². The number of benzene rings is 1. The third-order valence-electron chi connectivity index (χ3n) is 2.99. The Balaban J connectivity index is 2.07. The number of nitrogens with zero attached hydrogens (tertiary/aromatic N) is 1. The third kappa shape index (κ3) is 4.18. The maximum Gasteiger partial charge on any atom is 0.256 e. The van der Waals surface area contributed by atoms with E-state index in [0.29, 0.717) is 11.4 Å². The topological polar surface area (TPSA) is 59.1 Å². The molecule has 0 aliphatic rings. The number of thioether (sulfide) groups is 1. The normalized spacial score (nSPS) is 12.2. The summed E-state index contributed by atoms with van der Waals surface area (Å²) >= 11 is 1.60. The van der Waals surface area contributed by atoms with Crippen LogP contribution in [0.1, 0.15) is 24.2 Å². The number of anilines is 1. The van der Waals surface area contributed by atoms with Crippen LogP contribution in [0.5, 0.6) is 0 Å². The van der Waals surface area contributed by atoms with E-state index in [0.717, 1.165) is 9.79 Å². The van der Waals surface area contributed by atoms with Crippen LogP contribution in [0.15, 0.2) is 52.4 Å². The zero-order chi connectivity index (χ0) is 16.1. The number of nitrogens with one attached hydrogen (secondary N) is 1. The molecule has 116 valence electrons. The predicted octanol–water partition coefficient (Wildman–Crippen LogP) is 3.57. The Morgan fingerprint density at radius 2 is 1.86 bits per heavy atom. The fourth-order valence-corrected chi connectivity index (χ4v) is 3.09. The van der Waals surface area contributed by atoms with Crippen LogP contribution in [-0.4, -0.2) is 26.6 Å². The highest BCUT2D eigenvalue weighted by Gasteiger charge is 2.11. The van der Waals surface area contributed by atoms with E-state index in [1.165, 1.54) is 0 Å². The van der Waals surface area contributed by atoms with Crippen LogP contribution >= 0.6 is 11.8 Å². The lowest BCUT2D eigenvalue weighted by Crippen LogP contribution is -2.13. The molecule has 1 aromatic carbocycles. The minimum absolute atomic E-state index is 0.0545. The van der Waals surface area contributed by atoms with Crippen molar-refractivity contribution in [3.63, 3.8) is 0 Å². The van der Waals surface area contributed by atoms with Gasteiger partial charge in [-0.05, 0) is 42.7 Å². The van der Waals surface area contributed by atoms with E-state index in [1.807, 2.05) is 26.2 Å². The van der Waals surface area contributed by atoms with Gasteiger partial charge in [-0.25, -0.2) is 4.98 Å². The quantitative estimate of drug-likeness (QED) is 0.849. The highest BCUT2D eigenvalue weighted by molar-refractivity contribution is 7.98. The number of rotatable bonds is 5. The third-order valence-corrected chi connectivity index (χ3v) is 5.30. The van der Waals surface area contributed by atoms with Crippen LogP contribution in [0, 0.1) is 0 Å². The van der Waals surface area contributed by atoms with Crippen LogP contribution in [0.25, 0.3) is 0 Å². The van der Waals surface area contributed by atoms with Gasteiger partial charge in [-0.15, -0.1) is 11.8 Å². The van der Waals surface area contributed by atoms with Crippen molar-refractivity contribution in [3.05, 3.63) is 48.2 Å². The first-order chi connectivity index (χ1) is 10.5. The Morgan fingerprint density at radius 3 is 2.36 bits per heavy atom. The molecule has 0 fully saturated rings. The molecule has 0 unspecified atom stereocenters. The molecule has 22 heavy (non-hydrogen) atoms. The molecule has 0 radical (unpaired) electrons.